The Labute approximate surface area is 96.8 Å². The fraction of sp³-hybridized carbons (Fsp3) is 0.909. The second kappa shape index (κ2) is 6.18. The van der Waals surface area contributed by atoms with Crippen LogP contribution in [0.2, 0.25) is 0 Å². The first-order valence-corrected chi connectivity index (χ1v) is 5.77. The van der Waals surface area contributed by atoms with E-state index in [2.05, 4.69) is 5.32 Å². The molecule has 2 N–H and O–H groups in total. The van der Waals surface area contributed by atoms with E-state index in [0.29, 0.717) is 19.7 Å². The van der Waals surface area contributed by atoms with Crippen LogP contribution in [-0.4, -0.2) is 61.4 Å². The third-order valence-corrected chi connectivity index (χ3v) is 2.92. The molecule has 3 unspecified atom stereocenters. The lowest BCUT2D eigenvalue weighted by molar-refractivity contribution is -0.149. The highest BCUT2D eigenvalue weighted by atomic mass is 16.5. The Morgan fingerprint density at radius 3 is 2.94 bits per heavy atom. The molecule has 1 aliphatic rings. The van der Waals surface area contributed by atoms with Gasteiger partial charge >= 0.3 is 0 Å². The van der Waals surface area contributed by atoms with Crippen molar-refractivity contribution < 1.29 is 14.6 Å². The minimum absolute atomic E-state index is 0.0308. The summed E-state index contributed by atoms with van der Waals surface area (Å²) in [6.45, 7) is 5.52. The molecule has 3 atom stereocenters. The van der Waals surface area contributed by atoms with Gasteiger partial charge < -0.3 is 20.1 Å². The van der Waals surface area contributed by atoms with Crippen molar-refractivity contribution in [2.24, 2.45) is 5.92 Å². The summed E-state index contributed by atoms with van der Waals surface area (Å²) in [6, 6.07) is 0.0922. The van der Waals surface area contributed by atoms with Gasteiger partial charge in [0.05, 0.1) is 25.4 Å². The maximum absolute atomic E-state index is 12.1. The van der Waals surface area contributed by atoms with Crippen LogP contribution in [0.15, 0.2) is 0 Å². The number of hydrogen-bond donors (Lipinski definition) is 2. The second-order valence-electron chi connectivity index (χ2n) is 4.44. The van der Waals surface area contributed by atoms with Gasteiger partial charge in [0, 0.05) is 19.0 Å². The van der Waals surface area contributed by atoms with E-state index < -0.39 is 0 Å². The Morgan fingerprint density at radius 1 is 1.69 bits per heavy atom. The maximum Gasteiger partial charge on any atom is 0.227 e. The molecule has 1 rings (SSSR count). The molecule has 1 heterocycles. The molecule has 0 radical (unpaired) electrons. The van der Waals surface area contributed by atoms with Crippen molar-refractivity contribution in [2.45, 2.75) is 26.0 Å². The molecular weight excluding hydrogens is 208 g/mol. The molecular formula is C11H22N2O3. The van der Waals surface area contributed by atoms with E-state index in [1.54, 1.807) is 0 Å². The Kier molecular flexibility index (Phi) is 5.18. The minimum atomic E-state index is -0.234. The van der Waals surface area contributed by atoms with Crippen LogP contribution in [0.4, 0.5) is 0 Å². The average molecular weight is 230 g/mol. The van der Waals surface area contributed by atoms with Crippen molar-refractivity contribution in [1.29, 1.82) is 0 Å². The predicted octanol–water partition coefficient (Wildman–Crippen LogP) is -0.550. The van der Waals surface area contributed by atoms with E-state index >= 15 is 0 Å². The molecule has 0 aromatic heterocycles. The highest BCUT2D eigenvalue weighted by Gasteiger charge is 2.31. The number of nitrogens with zero attached hydrogens (tertiary/aromatic N) is 1. The van der Waals surface area contributed by atoms with Crippen molar-refractivity contribution in [1.82, 2.24) is 10.2 Å². The predicted molar refractivity (Wildman–Crippen MR) is 61.1 cm³/mol. The van der Waals surface area contributed by atoms with Gasteiger partial charge in [0.25, 0.3) is 0 Å². The second-order valence-corrected chi connectivity index (χ2v) is 4.44. The summed E-state index contributed by atoms with van der Waals surface area (Å²) in [6.07, 6.45) is -0.234. The van der Waals surface area contributed by atoms with Gasteiger partial charge in [-0.1, -0.05) is 6.92 Å². The van der Waals surface area contributed by atoms with Crippen LogP contribution in [0.5, 0.6) is 0 Å². The van der Waals surface area contributed by atoms with Gasteiger partial charge in [-0.25, -0.2) is 0 Å². The molecule has 16 heavy (non-hydrogen) atoms. The highest BCUT2D eigenvalue weighted by Crippen LogP contribution is 2.14. The zero-order valence-corrected chi connectivity index (χ0v) is 10.3. The molecule has 1 saturated heterocycles. The zero-order valence-electron chi connectivity index (χ0n) is 10.3. The molecule has 0 aromatic rings. The summed E-state index contributed by atoms with van der Waals surface area (Å²) in [7, 11) is 1.84. The number of aliphatic hydroxyl groups is 1. The SMILES string of the molecule is CNCC(C)C(=O)N1CC(CO)OCC1C. The molecule has 0 aliphatic carbocycles. The molecule has 94 valence electrons. The number of nitrogens with one attached hydrogen (secondary N) is 1. The first-order chi connectivity index (χ1) is 7.60. The van der Waals surface area contributed by atoms with Crippen molar-refractivity contribution in [3.05, 3.63) is 0 Å². The fourth-order valence-electron chi connectivity index (χ4n) is 1.91. The topological polar surface area (TPSA) is 61.8 Å². The van der Waals surface area contributed by atoms with Gasteiger partial charge in [-0.3, -0.25) is 4.79 Å². The van der Waals surface area contributed by atoms with E-state index in [0.717, 1.165) is 0 Å². The molecule has 0 bridgehead atoms. The van der Waals surface area contributed by atoms with Crippen LogP contribution < -0.4 is 5.32 Å². The van der Waals surface area contributed by atoms with E-state index in [1.807, 2.05) is 25.8 Å². The van der Waals surface area contributed by atoms with Crippen LogP contribution in [0.25, 0.3) is 0 Å². The lowest BCUT2D eigenvalue weighted by Crippen LogP contribution is -2.54. The van der Waals surface area contributed by atoms with E-state index in [9.17, 15) is 4.79 Å². The first kappa shape index (κ1) is 13.4. The Bertz CT molecular complexity index is 235. The minimum Gasteiger partial charge on any atom is -0.394 e. The first-order valence-electron chi connectivity index (χ1n) is 5.77. The molecule has 0 saturated carbocycles. The van der Waals surface area contributed by atoms with E-state index in [1.165, 1.54) is 0 Å². The number of ether oxygens (including phenoxy) is 1. The van der Waals surface area contributed by atoms with Gasteiger partial charge in [-0.15, -0.1) is 0 Å². The van der Waals surface area contributed by atoms with Crippen molar-refractivity contribution in [2.75, 3.05) is 33.4 Å². The number of amides is 1. The Morgan fingerprint density at radius 2 is 2.38 bits per heavy atom. The number of hydrogen-bond acceptors (Lipinski definition) is 4. The molecule has 0 aromatic carbocycles. The van der Waals surface area contributed by atoms with E-state index in [4.69, 9.17) is 9.84 Å². The third-order valence-electron chi connectivity index (χ3n) is 2.92. The summed E-state index contributed by atoms with van der Waals surface area (Å²) in [5.74, 6) is 0.0912. The number of carbonyl (C=O) groups is 1. The Balaban J connectivity index is 2.58. The van der Waals surface area contributed by atoms with Crippen molar-refractivity contribution >= 4 is 5.91 Å². The number of rotatable bonds is 4. The zero-order chi connectivity index (χ0) is 12.1. The van der Waals surface area contributed by atoms with Crippen molar-refractivity contribution in [3.8, 4) is 0 Å². The smallest absolute Gasteiger partial charge is 0.227 e. The quantitative estimate of drug-likeness (QED) is 0.680. The Hall–Kier alpha value is -0.650. The normalized spacial score (nSPS) is 27.9. The molecule has 1 fully saturated rings. The molecule has 1 aliphatic heterocycles. The standard InChI is InChI=1S/C11H22N2O3/c1-8(4-12-3)11(15)13-5-10(6-14)16-7-9(13)2/h8-10,12,14H,4-7H2,1-3H3. The van der Waals surface area contributed by atoms with Crippen LogP contribution in [0.3, 0.4) is 0 Å². The summed E-state index contributed by atoms with van der Waals surface area (Å²) in [4.78, 5) is 13.9. The van der Waals surface area contributed by atoms with Crippen LogP contribution in [0.1, 0.15) is 13.8 Å². The summed E-state index contributed by atoms with van der Waals surface area (Å²) in [5.41, 5.74) is 0. The summed E-state index contributed by atoms with van der Waals surface area (Å²) in [5, 5.41) is 12.0. The van der Waals surface area contributed by atoms with Crippen LogP contribution >= 0.6 is 0 Å². The molecule has 0 spiro atoms. The molecule has 1 amide bonds. The van der Waals surface area contributed by atoms with Crippen LogP contribution in [-0.2, 0) is 9.53 Å². The lowest BCUT2D eigenvalue weighted by atomic mass is 10.1. The summed E-state index contributed by atoms with van der Waals surface area (Å²) >= 11 is 0. The molecule has 5 heteroatoms. The average Bonchev–Trinajstić information content (AvgIpc) is 2.29. The van der Waals surface area contributed by atoms with Gasteiger partial charge in [0.1, 0.15) is 0 Å². The van der Waals surface area contributed by atoms with Gasteiger partial charge in [-0.2, -0.15) is 0 Å². The summed E-state index contributed by atoms with van der Waals surface area (Å²) < 4.78 is 5.40. The van der Waals surface area contributed by atoms with Crippen LogP contribution in [0, 0.1) is 5.92 Å². The fourth-order valence-corrected chi connectivity index (χ4v) is 1.91. The highest BCUT2D eigenvalue weighted by molar-refractivity contribution is 5.79. The third kappa shape index (κ3) is 3.17. The number of morpholine rings is 1. The van der Waals surface area contributed by atoms with Gasteiger partial charge in [-0.05, 0) is 14.0 Å². The van der Waals surface area contributed by atoms with Gasteiger partial charge in [0.15, 0.2) is 0 Å². The largest absolute Gasteiger partial charge is 0.394 e. The van der Waals surface area contributed by atoms with Crippen molar-refractivity contribution in [3.63, 3.8) is 0 Å². The van der Waals surface area contributed by atoms with Gasteiger partial charge in [0.2, 0.25) is 5.91 Å². The lowest BCUT2D eigenvalue weighted by Gasteiger charge is -2.38. The number of carbonyl (C=O) groups excluding carboxylic acids is 1. The maximum atomic E-state index is 12.1. The molecule has 5 nitrogen and oxygen atoms in total. The van der Waals surface area contributed by atoms with E-state index in [-0.39, 0.29) is 30.6 Å². The number of aliphatic hydroxyl groups excluding tert-OH is 1. The monoisotopic (exact) mass is 230 g/mol.